The first-order valence-corrected chi connectivity index (χ1v) is 5.02. The summed E-state index contributed by atoms with van der Waals surface area (Å²) in [6.07, 6.45) is 6.87. The molecule has 4 heteroatoms. The summed E-state index contributed by atoms with van der Waals surface area (Å²) in [5, 5.41) is 8.01. The van der Waals surface area contributed by atoms with E-state index in [-0.39, 0.29) is 0 Å². The second-order valence-corrected chi connectivity index (χ2v) is 3.99. The van der Waals surface area contributed by atoms with Gasteiger partial charge in [0, 0.05) is 19.0 Å². The maximum Gasteiger partial charge on any atom is 0.133 e. The van der Waals surface area contributed by atoms with E-state index in [2.05, 4.69) is 16.8 Å². The van der Waals surface area contributed by atoms with Crippen LogP contribution in [-0.2, 0) is 13.0 Å². The van der Waals surface area contributed by atoms with Gasteiger partial charge in [-0.1, -0.05) is 6.08 Å². The Morgan fingerprint density at radius 3 is 3.07 bits per heavy atom. The predicted octanol–water partition coefficient (Wildman–Crippen LogP) is 0.744. The van der Waals surface area contributed by atoms with E-state index in [1.54, 1.807) is 6.33 Å². The summed E-state index contributed by atoms with van der Waals surface area (Å²) < 4.78 is 2.04. The SMILES string of the molecule is C=CCn1cnnc1CC1CC(N)C1. The Hall–Kier alpha value is -1.16. The average Bonchev–Trinajstić information content (AvgIpc) is 2.51. The second-order valence-electron chi connectivity index (χ2n) is 3.99. The molecule has 1 aromatic heterocycles. The third-order valence-electron chi connectivity index (χ3n) is 2.76. The number of allylic oxidation sites excluding steroid dienone is 1. The van der Waals surface area contributed by atoms with E-state index in [0.29, 0.717) is 12.0 Å². The van der Waals surface area contributed by atoms with E-state index < -0.39 is 0 Å². The molecule has 0 aromatic carbocycles. The second kappa shape index (κ2) is 3.92. The quantitative estimate of drug-likeness (QED) is 0.716. The van der Waals surface area contributed by atoms with Gasteiger partial charge in [0.1, 0.15) is 12.2 Å². The fourth-order valence-electron chi connectivity index (χ4n) is 1.94. The summed E-state index contributed by atoms with van der Waals surface area (Å²) >= 11 is 0. The molecule has 1 heterocycles. The van der Waals surface area contributed by atoms with Gasteiger partial charge in [-0.3, -0.25) is 0 Å². The van der Waals surface area contributed by atoms with Crippen molar-refractivity contribution in [1.29, 1.82) is 0 Å². The van der Waals surface area contributed by atoms with Crippen molar-refractivity contribution < 1.29 is 0 Å². The molecule has 0 aliphatic heterocycles. The fourth-order valence-corrected chi connectivity index (χ4v) is 1.94. The van der Waals surface area contributed by atoms with Crippen LogP contribution in [0.4, 0.5) is 0 Å². The first kappa shape index (κ1) is 9.40. The minimum absolute atomic E-state index is 0.413. The smallest absolute Gasteiger partial charge is 0.133 e. The van der Waals surface area contributed by atoms with Gasteiger partial charge in [-0.2, -0.15) is 0 Å². The van der Waals surface area contributed by atoms with Crippen molar-refractivity contribution in [2.45, 2.75) is 31.8 Å². The Bertz CT molecular complexity index is 312. The van der Waals surface area contributed by atoms with Crippen LogP contribution in [0.3, 0.4) is 0 Å². The molecule has 2 rings (SSSR count). The third kappa shape index (κ3) is 1.85. The molecule has 76 valence electrons. The molecule has 1 fully saturated rings. The minimum atomic E-state index is 0.413. The zero-order valence-electron chi connectivity index (χ0n) is 8.26. The van der Waals surface area contributed by atoms with E-state index in [1.807, 2.05) is 10.6 Å². The molecule has 14 heavy (non-hydrogen) atoms. The number of nitrogens with two attached hydrogens (primary N) is 1. The van der Waals surface area contributed by atoms with Crippen molar-refractivity contribution in [3.63, 3.8) is 0 Å². The lowest BCUT2D eigenvalue weighted by Crippen LogP contribution is -2.37. The molecule has 0 saturated heterocycles. The molecule has 0 unspecified atom stereocenters. The number of nitrogens with zero attached hydrogens (tertiary/aromatic N) is 3. The van der Waals surface area contributed by atoms with E-state index in [4.69, 9.17) is 5.73 Å². The van der Waals surface area contributed by atoms with Gasteiger partial charge in [0.25, 0.3) is 0 Å². The lowest BCUT2D eigenvalue weighted by Gasteiger charge is -2.31. The van der Waals surface area contributed by atoms with Crippen LogP contribution in [0.25, 0.3) is 0 Å². The molecule has 1 saturated carbocycles. The van der Waals surface area contributed by atoms with Gasteiger partial charge in [0.2, 0.25) is 0 Å². The van der Waals surface area contributed by atoms with Crippen molar-refractivity contribution in [1.82, 2.24) is 14.8 Å². The van der Waals surface area contributed by atoms with Crippen molar-refractivity contribution in [2.75, 3.05) is 0 Å². The highest BCUT2D eigenvalue weighted by Gasteiger charge is 2.27. The summed E-state index contributed by atoms with van der Waals surface area (Å²) in [5.41, 5.74) is 5.74. The fraction of sp³-hybridized carbons (Fsp3) is 0.600. The largest absolute Gasteiger partial charge is 0.328 e. The Kier molecular flexibility index (Phi) is 2.63. The van der Waals surface area contributed by atoms with Crippen LogP contribution in [-0.4, -0.2) is 20.8 Å². The molecule has 4 nitrogen and oxygen atoms in total. The van der Waals surface area contributed by atoms with Crippen LogP contribution in [0.5, 0.6) is 0 Å². The third-order valence-corrected chi connectivity index (χ3v) is 2.76. The van der Waals surface area contributed by atoms with Gasteiger partial charge in [0.15, 0.2) is 0 Å². The van der Waals surface area contributed by atoms with Gasteiger partial charge in [0.05, 0.1) is 0 Å². The highest BCUT2D eigenvalue weighted by atomic mass is 15.3. The standard InChI is InChI=1S/C10H16N4/c1-2-3-14-7-12-13-10(14)6-8-4-9(11)5-8/h2,7-9H,1,3-6,11H2. The van der Waals surface area contributed by atoms with Crippen LogP contribution < -0.4 is 5.73 Å². The summed E-state index contributed by atoms with van der Waals surface area (Å²) in [5.74, 6) is 1.76. The van der Waals surface area contributed by atoms with Gasteiger partial charge < -0.3 is 10.3 Å². The lowest BCUT2D eigenvalue weighted by molar-refractivity contribution is 0.258. The van der Waals surface area contributed by atoms with Crippen molar-refractivity contribution in [3.8, 4) is 0 Å². The normalized spacial score (nSPS) is 25.8. The number of hydrogen-bond donors (Lipinski definition) is 1. The first-order valence-electron chi connectivity index (χ1n) is 5.02. The molecule has 1 aliphatic rings. The molecule has 1 aliphatic carbocycles. The van der Waals surface area contributed by atoms with Gasteiger partial charge in [-0.05, 0) is 18.8 Å². The first-order chi connectivity index (χ1) is 6.79. The zero-order chi connectivity index (χ0) is 9.97. The van der Waals surface area contributed by atoms with Crippen LogP contribution in [0, 0.1) is 5.92 Å². The predicted molar refractivity (Wildman–Crippen MR) is 54.6 cm³/mol. The van der Waals surface area contributed by atoms with Gasteiger partial charge in [-0.15, -0.1) is 16.8 Å². The lowest BCUT2D eigenvalue weighted by atomic mass is 9.79. The Morgan fingerprint density at radius 1 is 1.64 bits per heavy atom. The topological polar surface area (TPSA) is 56.7 Å². The summed E-state index contributed by atoms with van der Waals surface area (Å²) in [6, 6.07) is 0.413. The Balaban J connectivity index is 1.94. The van der Waals surface area contributed by atoms with E-state index in [0.717, 1.165) is 31.6 Å². The average molecular weight is 192 g/mol. The van der Waals surface area contributed by atoms with Crippen LogP contribution >= 0.6 is 0 Å². The van der Waals surface area contributed by atoms with Crippen LogP contribution in [0.15, 0.2) is 19.0 Å². The summed E-state index contributed by atoms with van der Waals surface area (Å²) in [6.45, 7) is 4.50. The summed E-state index contributed by atoms with van der Waals surface area (Å²) in [4.78, 5) is 0. The van der Waals surface area contributed by atoms with Gasteiger partial charge in [-0.25, -0.2) is 0 Å². The van der Waals surface area contributed by atoms with E-state index in [9.17, 15) is 0 Å². The van der Waals surface area contributed by atoms with Crippen molar-refractivity contribution >= 4 is 0 Å². The number of rotatable bonds is 4. The Labute approximate surface area is 83.8 Å². The van der Waals surface area contributed by atoms with Gasteiger partial charge >= 0.3 is 0 Å². The van der Waals surface area contributed by atoms with Crippen molar-refractivity contribution in [2.24, 2.45) is 11.7 Å². The molecule has 2 N–H and O–H groups in total. The maximum absolute atomic E-state index is 5.74. The maximum atomic E-state index is 5.74. The zero-order valence-corrected chi connectivity index (χ0v) is 8.26. The molecule has 1 aromatic rings. The summed E-state index contributed by atoms with van der Waals surface area (Å²) in [7, 11) is 0. The number of hydrogen-bond acceptors (Lipinski definition) is 3. The monoisotopic (exact) mass is 192 g/mol. The molecule has 0 amide bonds. The molecular weight excluding hydrogens is 176 g/mol. The molecular formula is C10H16N4. The highest BCUT2D eigenvalue weighted by molar-refractivity contribution is 4.95. The molecule has 0 spiro atoms. The van der Waals surface area contributed by atoms with Crippen LogP contribution in [0.1, 0.15) is 18.7 Å². The molecule has 0 bridgehead atoms. The molecule has 0 radical (unpaired) electrons. The minimum Gasteiger partial charge on any atom is -0.328 e. The Morgan fingerprint density at radius 2 is 2.43 bits per heavy atom. The van der Waals surface area contributed by atoms with Crippen LogP contribution in [0.2, 0.25) is 0 Å². The van der Waals surface area contributed by atoms with Crippen molar-refractivity contribution in [3.05, 3.63) is 24.8 Å². The van der Waals surface area contributed by atoms with E-state index in [1.165, 1.54) is 0 Å². The molecule has 0 atom stereocenters. The number of aromatic nitrogens is 3. The highest BCUT2D eigenvalue weighted by Crippen LogP contribution is 2.28. The van der Waals surface area contributed by atoms with E-state index >= 15 is 0 Å².